The summed E-state index contributed by atoms with van der Waals surface area (Å²) in [5, 5.41) is 0.919. The van der Waals surface area contributed by atoms with Crippen molar-refractivity contribution in [1.29, 1.82) is 0 Å². The number of oxazole rings is 1. The van der Waals surface area contributed by atoms with E-state index in [-0.39, 0.29) is 0 Å². The lowest BCUT2D eigenvalue weighted by Crippen LogP contribution is -1.91. The molecule has 0 amide bonds. The largest absolute Gasteiger partial charge is 0.435 e. The zero-order valence-electron chi connectivity index (χ0n) is 9.65. The number of nitrogens with zero attached hydrogens (tertiary/aromatic N) is 1. The second-order valence-electron chi connectivity index (χ2n) is 4.14. The molecule has 96 valence electrons. The number of nitrogen functional groups attached to an aromatic ring is 2. The van der Waals surface area contributed by atoms with Gasteiger partial charge in [-0.2, -0.15) is 0 Å². The van der Waals surface area contributed by atoms with Crippen LogP contribution in [0.5, 0.6) is 0 Å². The Morgan fingerprint density at radius 2 is 1.63 bits per heavy atom. The van der Waals surface area contributed by atoms with Crippen molar-refractivity contribution in [2.75, 3.05) is 11.5 Å². The Morgan fingerprint density at radius 1 is 0.947 bits per heavy atom. The van der Waals surface area contributed by atoms with Crippen LogP contribution in [-0.4, -0.2) is 4.98 Å². The molecule has 6 heteroatoms. The fourth-order valence-electron chi connectivity index (χ4n) is 1.88. The monoisotopic (exact) mass is 293 g/mol. The molecule has 0 saturated carbocycles. The molecule has 0 aliphatic heterocycles. The summed E-state index contributed by atoms with van der Waals surface area (Å²) in [6.45, 7) is 0. The highest BCUT2D eigenvalue weighted by molar-refractivity contribution is 6.38. The molecule has 0 radical (unpaired) electrons. The van der Waals surface area contributed by atoms with Gasteiger partial charge in [0, 0.05) is 22.0 Å². The van der Waals surface area contributed by atoms with Gasteiger partial charge in [-0.3, -0.25) is 0 Å². The summed E-state index contributed by atoms with van der Waals surface area (Å²) >= 11 is 12.0. The van der Waals surface area contributed by atoms with E-state index < -0.39 is 0 Å². The van der Waals surface area contributed by atoms with E-state index in [9.17, 15) is 0 Å². The number of benzene rings is 2. The van der Waals surface area contributed by atoms with Crippen LogP contribution in [0.3, 0.4) is 0 Å². The van der Waals surface area contributed by atoms with Crippen LogP contribution >= 0.6 is 23.2 Å². The normalized spacial score (nSPS) is 11.1. The van der Waals surface area contributed by atoms with Crippen molar-refractivity contribution >= 4 is 45.7 Å². The molecule has 0 fully saturated rings. The van der Waals surface area contributed by atoms with Crippen molar-refractivity contribution < 1.29 is 4.42 Å². The smallest absolute Gasteiger partial charge is 0.227 e. The molecule has 4 nitrogen and oxygen atoms in total. The average molecular weight is 294 g/mol. The highest BCUT2D eigenvalue weighted by Crippen LogP contribution is 2.32. The number of fused-ring (bicyclic) bond motifs is 1. The maximum Gasteiger partial charge on any atom is 0.227 e. The van der Waals surface area contributed by atoms with Crippen molar-refractivity contribution in [3.63, 3.8) is 0 Å². The zero-order chi connectivity index (χ0) is 13.6. The number of anilines is 2. The Kier molecular flexibility index (Phi) is 2.77. The van der Waals surface area contributed by atoms with Crippen LogP contribution in [0.4, 0.5) is 11.4 Å². The Labute approximate surface area is 118 Å². The minimum Gasteiger partial charge on any atom is -0.435 e. The van der Waals surface area contributed by atoms with Crippen LogP contribution in [0.15, 0.2) is 34.7 Å². The van der Waals surface area contributed by atoms with Crippen LogP contribution < -0.4 is 11.5 Å². The predicted octanol–water partition coefficient (Wildman–Crippen LogP) is 3.97. The van der Waals surface area contributed by atoms with E-state index in [0.29, 0.717) is 44.0 Å². The molecule has 0 bridgehead atoms. The number of aromatic nitrogens is 1. The molecule has 3 aromatic rings. The van der Waals surface area contributed by atoms with Crippen molar-refractivity contribution in [2.24, 2.45) is 0 Å². The Balaban J connectivity index is 2.23. The molecular weight excluding hydrogens is 285 g/mol. The topological polar surface area (TPSA) is 78.1 Å². The third-order valence-corrected chi connectivity index (χ3v) is 3.13. The van der Waals surface area contributed by atoms with Crippen LogP contribution in [-0.2, 0) is 0 Å². The highest BCUT2D eigenvalue weighted by Gasteiger charge is 2.12. The molecule has 1 aromatic heterocycles. The molecule has 0 atom stereocenters. The first kappa shape index (κ1) is 12.1. The Hall–Kier alpha value is -1.91. The van der Waals surface area contributed by atoms with Gasteiger partial charge < -0.3 is 15.9 Å². The van der Waals surface area contributed by atoms with Gasteiger partial charge in [-0.05, 0) is 30.3 Å². The van der Waals surface area contributed by atoms with Gasteiger partial charge in [0.2, 0.25) is 5.89 Å². The molecule has 3 rings (SSSR count). The molecule has 0 saturated heterocycles. The van der Waals surface area contributed by atoms with Crippen molar-refractivity contribution in [3.8, 4) is 11.5 Å². The van der Waals surface area contributed by atoms with Crippen molar-refractivity contribution in [2.45, 2.75) is 0 Å². The minimum absolute atomic E-state index is 0.401. The second-order valence-corrected chi connectivity index (χ2v) is 4.99. The molecule has 19 heavy (non-hydrogen) atoms. The van der Waals surface area contributed by atoms with Gasteiger partial charge >= 0.3 is 0 Å². The van der Waals surface area contributed by atoms with Gasteiger partial charge in [0.15, 0.2) is 5.58 Å². The third kappa shape index (κ3) is 2.20. The van der Waals surface area contributed by atoms with E-state index in [2.05, 4.69) is 4.98 Å². The first-order valence-electron chi connectivity index (χ1n) is 5.45. The summed E-state index contributed by atoms with van der Waals surface area (Å²) in [6, 6.07) is 8.42. The summed E-state index contributed by atoms with van der Waals surface area (Å²) in [7, 11) is 0. The lowest BCUT2D eigenvalue weighted by atomic mass is 10.2. The molecule has 1 heterocycles. The maximum atomic E-state index is 6.06. The minimum atomic E-state index is 0.401. The van der Waals surface area contributed by atoms with Crippen LogP contribution in [0.25, 0.3) is 22.6 Å². The molecule has 0 unspecified atom stereocenters. The summed E-state index contributed by atoms with van der Waals surface area (Å²) in [6.07, 6.45) is 0. The van der Waals surface area contributed by atoms with E-state index in [1.54, 1.807) is 30.3 Å². The van der Waals surface area contributed by atoms with E-state index in [4.69, 9.17) is 39.1 Å². The van der Waals surface area contributed by atoms with Crippen LogP contribution in [0.1, 0.15) is 0 Å². The number of hydrogen-bond donors (Lipinski definition) is 2. The van der Waals surface area contributed by atoms with E-state index in [1.807, 2.05) is 0 Å². The van der Waals surface area contributed by atoms with Gasteiger partial charge in [0.25, 0.3) is 0 Å². The summed E-state index contributed by atoms with van der Waals surface area (Å²) in [5.41, 5.74) is 14.4. The van der Waals surface area contributed by atoms with Crippen molar-refractivity contribution in [1.82, 2.24) is 4.98 Å². The van der Waals surface area contributed by atoms with Gasteiger partial charge in [0.1, 0.15) is 5.52 Å². The predicted molar refractivity (Wildman–Crippen MR) is 78.3 cm³/mol. The maximum absolute atomic E-state index is 6.06. The molecule has 4 N–H and O–H groups in total. The molecular formula is C13H9Cl2N3O. The first-order valence-corrected chi connectivity index (χ1v) is 6.20. The van der Waals surface area contributed by atoms with Crippen molar-refractivity contribution in [3.05, 3.63) is 40.4 Å². The van der Waals surface area contributed by atoms with Gasteiger partial charge in [0.05, 0.1) is 5.02 Å². The van der Waals surface area contributed by atoms with Crippen LogP contribution in [0.2, 0.25) is 10.0 Å². The second kappa shape index (κ2) is 4.33. The fourth-order valence-corrected chi connectivity index (χ4v) is 2.40. The molecule has 0 spiro atoms. The van der Waals surface area contributed by atoms with Gasteiger partial charge in [-0.25, -0.2) is 4.98 Å². The first-order chi connectivity index (χ1) is 9.02. The average Bonchev–Trinajstić information content (AvgIpc) is 2.71. The SMILES string of the molecule is Nc1cc(N)cc(-c2nc3cc(Cl)cc(Cl)c3o2)c1. The van der Waals surface area contributed by atoms with Gasteiger partial charge in [-0.1, -0.05) is 23.2 Å². The third-order valence-electron chi connectivity index (χ3n) is 2.63. The number of halogens is 2. The lowest BCUT2D eigenvalue weighted by Gasteiger charge is -2.00. The Bertz CT molecular complexity index is 763. The lowest BCUT2D eigenvalue weighted by molar-refractivity contribution is 0.620. The standard InChI is InChI=1S/C13H9Cl2N3O/c14-7-3-10(15)12-11(4-7)18-13(19-12)6-1-8(16)5-9(17)2-6/h1-5H,16-17H2. The van der Waals surface area contributed by atoms with E-state index >= 15 is 0 Å². The number of hydrogen-bond acceptors (Lipinski definition) is 4. The van der Waals surface area contributed by atoms with Crippen LogP contribution in [0, 0.1) is 0 Å². The van der Waals surface area contributed by atoms with E-state index in [1.165, 1.54) is 0 Å². The fraction of sp³-hybridized carbons (Fsp3) is 0. The molecule has 0 aliphatic rings. The quantitative estimate of drug-likeness (QED) is 0.666. The summed E-state index contributed by atoms with van der Waals surface area (Å²) in [4.78, 5) is 4.34. The number of rotatable bonds is 1. The summed E-state index contributed by atoms with van der Waals surface area (Å²) < 4.78 is 5.64. The molecule has 2 aromatic carbocycles. The highest BCUT2D eigenvalue weighted by atomic mass is 35.5. The van der Waals surface area contributed by atoms with Gasteiger partial charge in [-0.15, -0.1) is 0 Å². The number of nitrogens with two attached hydrogens (primary N) is 2. The zero-order valence-corrected chi connectivity index (χ0v) is 11.2. The summed E-state index contributed by atoms with van der Waals surface area (Å²) in [5.74, 6) is 0.401. The molecule has 0 aliphatic carbocycles. The van der Waals surface area contributed by atoms with E-state index in [0.717, 1.165) is 0 Å². The Morgan fingerprint density at radius 3 is 2.32 bits per heavy atom.